The monoisotopic (exact) mass is 407 g/mol. The lowest BCUT2D eigenvalue weighted by Gasteiger charge is -2.24. The van der Waals surface area contributed by atoms with E-state index >= 15 is 0 Å². The Labute approximate surface area is 173 Å². The summed E-state index contributed by atoms with van der Waals surface area (Å²) in [5, 5.41) is 13.2. The first-order valence-corrected chi connectivity index (χ1v) is 9.57. The molecule has 0 aliphatic carbocycles. The number of carbonyl (C=O) groups is 4. The molecule has 2 aliphatic heterocycles. The Morgan fingerprint density at radius 3 is 2.00 bits per heavy atom. The summed E-state index contributed by atoms with van der Waals surface area (Å²) in [6, 6.07) is 13.0. The average Bonchev–Trinajstić information content (AvgIpc) is 3.09. The van der Waals surface area contributed by atoms with E-state index in [1.54, 1.807) is 43.3 Å². The van der Waals surface area contributed by atoms with Gasteiger partial charge in [0, 0.05) is 0 Å². The molecule has 4 rings (SSSR count). The number of benzene rings is 2. The van der Waals surface area contributed by atoms with Gasteiger partial charge in [0.05, 0.1) is 30.3 Å². The zero-order valence-corrected chi connectivity index (χ0v) is 16.6. The number of rotatable bonds is 5. The fourth-order valence-electron chi connectivity index (χ4n) is 3.83. The van der Waals surface area contributed by atoms with Gasteiger partial charge in [-0.15, -0.1) is 0 Å². The maximum Gasteiger partial charge on any atom is 0.325 e. The molecule has 0 aromatic heterocycles. The molecule has 154 valence electrons. The maximum atomic E-state index is 13.0. The number of hydrogen-bond acceptors (Lipinski definition) is 5. The molecule has 2 aromatic rings. The van der Waals surface area contributed by atoms with Crippen LogP contribution < -0.4 is 5.32 Å². The number of aliphatic hydroxyl groups excluding tert-OH is 1. The van der Waals surface area contributed by atoms with Crippen molar-refractivity contribution < 1.29 is 24.3 Å². The van der Waals surface area contributed by atoms with Crippen LogP contribution in [0.4, 0.5) is 4.79 Å². The minimum atomic E-state index is -1.28. The maximum absolute atomic E-state index is 13.0. The molecule has 1 fully saturated rings. The van der Waals surface area contributed by atoms with Gasteiger partial charge in [0.15, 0.2) is 0 Å². The van der Waals surface area contributed by atoms with Crippen molar-refractivity contribution in [2.75, 3.05) is 13.1 Å². The predicted octanol–water partition coefficient (Wildman–Crippen LogP) is 1.42. The van der Waals surface area contributed by atoms with Crippen molar-refractivity contribution in [1.82, 2.24) is 15.1 Å². The number of hydrogen-bond donors (Lipinski definition) is 2. The molecule has 2 heterocycles. The van der Waals surface area contributed by atoms with Crippen LogP contribution in [0.5, 0.6) is 0 Å². The van der Waals surface area contributed by atoms with Crippen LogP contribution in [0.15, 0.2) is 48.5 Å². The quantitative estimate of drug-likeness (QED) is 0.576. The van der Waals surface area contributed by atoms with E-state index < -0.39 is 35.4 Å². The second-order valence-electron chi connectivity index (χ2n) is 7.76. The summed E-state index contributed by atoms with van der Waals surface area (Å²) >= 11 is 0. The molecule has 0 unspecified atom stereocenters. The van der Waals surface area contributed by atoms with Crippen LogP contribution in [0.2, 0.25) is 0 Å². The molecule has 0 saturated carbocycles. The van der Waals surface area contributed by atoms with Crippen LogP contribution in [-0.2, 0) is 10.3 Å². The lowest BCUT2D eigenvalue weighted by Crippen LogP contribution is -2.45. The van der Waals surface area contributed by atoms with Gasteiger partial charge in [-0.25, -0.2) is 4.79 Å². The summed E-state index contributed by atoms with van der Waals surface area (Å²) in [5.41, 5.74) is 0.949. The number of imide groups is 2. The van der Waals surface area contributed by atoms with Crippen molar-refractivity contribution in [2.24, 2.45) is 0 Å². The minimum absolute atomic E-state index is 0.275. The first-order chi connectivity index (χ1) is 14.2. The molecular weight excluding hydrogens is 386 g/mol. The number of β-amino-alcohol motifs (C(OH)–C–C–N with tert-alkyl or cyclic N) is 1. The summed E-state index contributed by atoms with van der Waals surface area (Å²) in [7, 11) is 0. The molecule has 0 radical (unpaired) electrons. The SMILES string of the molecule is Cc1ccc([C@]2(C)NC(=O)N(C[C@H](O)CN3C(=O)c4ccccc4C3=O)C2=O)cc1. The number of carbonyl (C=O) groups excluding carboxylic acids is 4. The fourth-order valence-corrected chi connectivity index (χ4v) is 3.83. The highest BCUT2D eigenvalue weighted by Crippen LogP contribution is 2.29. The molecule has 30 heavy (non-hydrogen) atoms. The molecule has 0 bridgehead atoms. The number of amides is 5. The van der Waals surface area contributed by atoms with E-state index in [1.807, 2.05) is 19.1 Å². The Balaban J connectivity index is 1.47. The van der Waals surface area contributed by atoms with Gasteiger partial charge in [0.1, 0.15) is 5.54 Å². The second-order valence-corrected chi connectivity index (χ2v) is 7.76. The van der Waals surface area contributed by atoms with Crippen LogP contribution in [0.3, 0.4) is 0 Å². The molecule has 2 aromatic carbocycles. The van der Waals surface area contributed by atoms with E-state index in [0.717, 1.165) is 15.4 Å². The number of aryl methyl sites for hydroxylation is 1. The van der Waals surface area contributed by atoms with Gasteiger partial charge in [-0.2, -0.15) is 0 Å². The van der Waals surface area contributed by atoms with Crippen molar-refractivity contribution >= 4 is 23.8 Å². The Morgan fingerprint density at radius 2 is 1.43 bits per heavy atom. The van der Waals surface area contributed by atoms with E-state index in [9.17, 15) is 24.3 Å². The van der Waals surface area contributed by atoms with Crippen molar-refractivity contribution in [3.05, 3.63) is 70.8 Å². The first-order valence-electron chi connectivity index (χ1n) is 9.57. The van der Waals surface area contributed by atoms with Gasteiger partial charge in [0.2, 0.25) is 0 Å². The zero-order valence-electron chi connectivity index (χ0n) is 16.6. The number of urea groups is 1. The average molecular weight is 407 g/mol. The highest BCUT2D eigenvalue weighted by atomic mass is 16.3. The third-order valence-corrected chi connectivity index (χ3v) is 5.57. The molecule has 0 spiro atoms. The van der Waals surface area contributed by atoms with Gasteiger partial charge >= 0.3 is 6.03 Å². The molecule has 8 heteroatoms. The standard InChI is InChI=1S/C22H21N3O5/c1-13-7-9-14(10-8-13)22(2)20(29)25(21(30)23-22)12-15(26)11-24-18(27)16-5-3-4-6-17(16)19(24)28/h3-10,15,26H,11-12H2,1-2H3,(H,23,30)/t15-,22+/m1/s1. The molecule has 1 saturated heterocycles. The van der Waals surface area contributed by atoms with E-state index in [4.69, 9.17) is 0 Å². The van der Waals surface area contributed by atoms with Crippen molar-refractivity contribution in [3.8, 4) is 0 Å². The summed E-state index contributed by atoms with van der Waals surface area (Å²) in [6.07, 6.45) is -1.28. The lowest BCUT2D eigenvalue weighted by molar-refractivity contribution is -0.132. The first kappa shape index (κ1) is 19.8. The molecule has 2 N–H and O–H groups in total. The van der Waals surface area contributed by atoms with Crippen molar-refractivity contribution in [2.45, 2.75) is 25.5 Å². The number of aliphatic hydroxyl groups is 1. The normalized spacial score (nSPS) is 21.8. The minimum Gasteiger partial charge on any atom is -0.389 e. The molecule has 2 atom stereocenters. The van der Waals surface area contributed by atoms with Crippen LogP contribution in [0, 0.1) is 6.92 Å². The Hall–Kier alpha value is -3.52. The van der Waals surface area contributed by atoms with Crippen LogP contribution in [0.25, 0.3) is 0 Å². The summed E-state index contributed by atoms with van der Waals surface area (Å²) in [5.74, 6) is -1.51. The molecule has 2 aliphatic rings. The third-order valence-electron chi connectivity index (χ3n) is 5.57. The summed E-state index contributed by atoms with van der Waals surface area (Å²) in [4.78, 5) is 52.2. The molecular formula is C22H21N3O5. The van der Waals surface area contributed by atoms with E-state index in [2.05, 4.69) is 5.32 Å². The van der Waals surface area contributed by atoms with Crippen molar-refractivity contribution in [3.63, 3.8) is 0 Å². The second kappa shape index (κ2) is 7.07. The zero-order chi connectivity index (χ0) is 21.6. The topological polar surface area (TPSA) is 107 Å². The highest BCUT2D eigenvalue weighted by Gasteiger charge is 2.49. The van der Waals surface area contributed by atoms with E-state index in [-0.39, 0.29) is 24.2 Å². The lowest BCUT2D eigenvalue weighted by atomic mass is 9.91. The van der Waals surface area contributed by atoms with Gasteiger partial charge in [-0.1, -0.05) is 42.0 Å². The Bertz CT molecular complexity index is 1030. The van der Waals surface area contributed by atoms with Crippen LogP contribution in [0.1, 0.15) is 38.8 Å². The highest BCUT2D eigenvalue weighted by molar-refractivity contribution is 6.21. The summed E-state index contributed by atoms with van der Waals surface area (Å²) in [6.45, 7) is 2.88. The number of nitrogens with one attached hydrogen (secondary N) is 1. The van der Waals surface area contributed by atoms with Crippen LogP contribution in [-0.4, -0.2) is 57.9 Å². The fraction of sp³-hybridized carbons (Fsp3) is 0.273. The third kappa shape index (κ3) is 3.05. The van der Waals surface area contributed by atoms with Gasteiger partial charge in [0.25, 0.3) is 17.7 Å². The van der Waals surface area contributed by atoms with Gasteiger partial charge in [-0.05, 0) is 31.5 Å². The predicted molar refractivity (Wildman–Crippen MR) is 107 cm³/mol. The number of nitrogens with zero attached hydrogens (tertiary/aromatic N) is 2. The van der Waals surface area contributed by atoms with Crippen LogP contribution >= 0.6 is 0 Å². The van der Waals surface area contributed by atoms with E-state index in [0.29, 0.717) is 5.56 Å². The largest absolute Gasteiger partial charge is 0.389 e. The Morgan fingerprint density at radius 1 is 0.900 bits per heavy atom. The van der Waals surface area contributed by atoms with Gasteiger partial charge < -0.3 is 10.4 Å². The smallest absolute Gasteiger partial charge is 0.325 e. The summed E-state index contributed by atoms with van der Waals surface area (Å²) < 4.78 is 0. The van der Waals surface area contributed by atoms with Gasteiger partial charge in [-0.3, -0.25) is 24.2 Å². The van der Waals surface area contributed by atoms with E-state index in [1.165, 1.54) is 0 Å². The van der Waals surface area contributed by atoms with Crippen molar-refractivity contribution in [1.29, 1.82) is 0 Å². The Kier molecular flexibility index (Phi) is 4.66. The molecule has 8 nitrogen and oxygen atoms in total. The molecule has 5 amide bonds. The number of fused-ring (bicyclic) bond motifs is 1.